The number of nitrogens with one attached hydrogen (secondary N) is 1. The van der Waals surface area contributed by atoms with Crippen molar-refractivity contribution in [3.8, 4) is 0 Å². The molecule has 0 saturated carbocycles. The second-order valence-electron chi connectivity index (χ2n) is 5.60. The highest BCUT2D eigenvalue weighted by atomic mass is 35.5. The molecular weight excluding hydrogens is 280 g/mol. The van der Waals surface area contributed by atoms with Crippen molar-refractivity contribution in [3.63, 3.8) is 0 Å². The minimum Gasteiger partial charge on any atom is -0.349 e. The van der Waals surface area contributed by atoms with Crippen molar-refractivity contribution in [1.82, 2.24) is 5.32 Å². The van der Waals surface area contributed by atoms with Crippen molar-refractivity contribution in [1.29, 1.82) is 0 Å². The number of carbonyl (C=O) groups is 1. The maximum atomic E-state index is 12.0. The van der Waals surface area contributed by atoms with Crippen molar-refractivity contribution in [2.24, 2.45) is 11.7 Å². The van der Waals surface area contributed by atoms with E-state index in [1.165, 1.54) is 4.88 Å². The molecule has 0 bridgehead atoms. The van der Waals surface area contributed by atoms with Gasteiger partial charge in [0.25, 0.3) is 0 Å². The SMILES string of the molecule is Cc1ccc(CC(=O)NC(C)(CN)CC(C)C)s1.Cl. The van der Waals surface area contributed by atoms with Crippen molar-refractivity contribution in [3.05, 3.63) is 21.9 Å². The lowest BCUT2D eigenvalue weighted by Gasteiger charge is -2.31. The average molecular weight is 305 g/mol. The molecular formula is C14H25ClN2OS. The third kappa shape index (κ3) is 6.41. The van der Waals surface area contributed by atoms with Crippen LogP contribution in [0.1, 0.15) is 36.9 Å². The topological polar surface area (TPSA) is 55.1 Å². The quantitative estimate of drug-likeness (QED) is 0.849. The van der Waals surface area contributed by atoms with Crippen molar-refractivity contribution < 1.29 is 4.79 Å². The molecule has 3 N–H and O–H groups in total. The van der Waals surface area contributed by atoms with Gasteiger partial charge in [0.2, 0.25) is 5.91 Å². The first kappa shape index (κ1) is 18.4. The van der Waals surface area contributed by atoms with Crippen LogP contribution < -0.4 is 11.1 Å². The summed E-state index contributed by atoms with van der Waals surface area (Å²) < 4.78 is 0. The molecule has 3 nitrogen and oxygen atoms in total. The van der Waals surface area contributed by atoms with E-state index in [4.69, 9.17) is 5.73 Å². The van der Waals surface area contributed by atoms with E-state index in [0.29, 0.717) is 18.9 Å². The van der Waals surface area contributed by atoms with Crippen LogP contribution in [0, 0.1) is 12.8 Å². The minimum atomic E-state index is -0.294. The Morgan fingerprint density at radius 3 is 2.53 bits per heavy atom. The average Bonchev–Trinajstić information content (AvgIpc) is 2.62. The van der Waals surface area contributed by atoms with Gasteiger partial charge in [-0.05, 0) is 38.3 Å². The molecule has 0 aliphatic rings. The van der Waals surface area contributed by atoms with Crippen LogP contribution in [0.5, 0.6) is 0 Å². The summed E-state index contributed by atoms with van der Waals surface area (Å²) in [6, 6.07) is 4.06. The smallest absolute Gasteiger partial charge is 0.225 e. The lowest BCUT2D eigenvalue weighted by atomic mass is 9.90. The number of amides is 1. The van der Waals surface area contributed by atoms with E-state index in [9.17, 15) is 4.79 Å². The summed E-state index contributed by atoms with van der Waals surface area (Å²) in [5.74, 6) is 0.577. The summed E-state index contributed by atoms with van der Waals surface area (Å²) in [5, 5.41) is 3.07. The van der Waals surface area contributed by atoms with Gasteiger partial charge in [0.05, 0.1) is 6.42 Å². The maximum absolute atomic E-state index is 12.0. The fourth-order valence-electron chi connectivity index (χ4n) is 2.21. The number of aryl methyl sites for hydroxylation is 1. The molecule has 1 heterocycles. The van der Waals surface area contributed by atoms with Gasteiger partial charge < -0.3 is 11.1 Å². The minimum absolute atomic E-state index is 0. The molecule has 110 valence electrons. The maximum Gasteiger partial charge on any atom is 0.225 e. The molecule has 0 aliphatic carbocycles. The molecule has 1 unspecified atom stereocenters. The Bertz CT molecular complexity index is 406. The molecule has 0 fully saturated rings. The fraction of sp³-hybridized carbons (Fsp3) is 0.643. The molecule has 0 aromatic carbocycles. The summed E-state index contributed by atoms with van der Waals surface area (Å²) in [5.41, 5.74) is 5.49. The number of hydrogen-bond donors (Lipinski definition) is 2. The van der Waals surface area contributed by atoms with Crippen LogP contribution in [0.4, 0.5) is 0 Å². The van der Waals surface area contributed by atoms with E-state index in [-0.39, 0.29) is 23.9 Å². The summed E-state index contributed by atoms with van der Waals surface area (Å²) >= 11 is 1.67. The van der Waals surface area contributed by atoms with Gasteiger partial charge in [-0.3, -0.25) is 4.79 Å². The monoisotopic (exact) mass is 304 g/mol. The van der Waals surface area contributed by atoms with E-state index >= 15 is 0 Å². The van der Waals surface area contributed by atoms with Crippen LogP contribution >= 0.6 is 23.7 Å². The zero-order valence-corrected chi connectivity index (χ0v) is 13.8. The zero-order chi connectivity index (χ0) is 13.8. The molecule has 0 saturated heterocycles. The first-order valence-corrected chi connectivity index (χ1v) is 7.22. The largest absolute Gasteiger partial charge is 0.349 e. The normalized spacial score (nSPS) is 13.8. The Hall–Kier alpha value is -0.580. The molecule has 1 amide bonds. The molecule has 19 heavy (non-hydrogen) atoms. The Morgan fingerprint density at radius 1 is 1.47 bits per heavy atom. The highest BCUT2D eigenvalue weighted by Gasteiger charge is 2.25. The number of thiophene rings is 1. The standard InChI is InChI=1S/C14H24N2OS.ClH/c1-10(2)8-14(4,9-15)16-13(17)7-12-6-5-11(3)18-12;/h5-6,10H,7-9,15H2,1-4H3,(H,16,17);1H. The van der Waals surface area contributed by atoms with Crippen LogP contribution in [0.3, 0.4) is 0 Å². The highest BCUT2D eigenvalue weighted by molar-refractivity contribution is 7.12. The van der Waals surface area contributed by atoms with Crippen molar-refractivity contribution in [2.45, 2.75) is 46.1 Å². The van der Waals surface area contributed by atoms with E-state index in [2.05, 4.69) is 26.1 Å². The predicted octanol–water partition coefficient (Wildman–Crippen LogP) is 2.90. The first-order chi connectivity index (χ1) is 8.34. The number of carbonyl (C=O) groups excluding carboxylic acids is 1. The van der Waals surface area contributed by atoms with Crippen LogP contribution in [-0.2, 0) is 11.2 Å². The van der Waals surface area contributed by atoms with Gasteiger partial charge in [-0.15, -0.1) is 23.7 Å². The molecule has 1 rings (SSSR count). The highest BCUT2D eigenvalue weighted by Crippen LogP contribution is 2.18. The number of nitrogens with two attached hydrogens (primary N) is 1. The van der Waals surface area contributed by atoms with E-state index < -0.39 is 0 Å². The molecule has 1 aromatic heterocycles. The molecule has 1 aromatic rings. The van der Waals surface area contributed by atoms with Gasteiger partial charge >= 0.3 is 0 Å². The third-order valence-corrected chi connectivity index (χ3v) is 3.88. The molecule has 1 atom stereocenters. The number of hydrogen-bond acceptors (Lipinski definition) is 3. The third-order valence-electron chi connectivity index (χ3n) is 2.88. The number of rotatable bonds is 6. The van der Waals surface area contributed by atoms with Gasteiger partial charge in [0.15, 0.2) is 0 Å². The molecule has 5 heteroatoms. The second-order valence-corrected chi connectivity index (χ2v) is 6.97. The lowest BCUT2D eigenvalue weighted by molar-refractivity contribution is -0.122. The molecule has 0 aliphatic heterocycles. The summed E-state index contributed by atoms with van der Waals surface area (Å²) in [6.07, 6.45) is 1.35. The fourth-order valence-corrected chi connectivity index (χ4v) is 3.09. The molecule has 0 radical (unpaired) electrons. The Balaban J connectivity index is 0.00000324. The van der Waals surface area contributed by atoms with E-state index in [1.807, 2.05) is 19.1 Å². The Morgan fingerprint density at radius 2 is 2.11 bits per heavy atom. The van der Waals surface area contributed by atoms with E-state index in [0.717, 1.165) is 11.3 Å². The summed E-state index contributed by atoms with van der Waals surface area (Å²) in [7, 11) is 0. The zero-order valence-electron chi connectivity index (χ0n) is 12.2. The van der Waals surface area contributed by atoms with Crippen LogP contribution in [0.2, 0.25) is 0 Å². The summed E-state index contributed by atoms with van der Waals surface area (Å²) in [4.78, 5) is 14.4. The van der Waals surface area contributed by atoms with Gasteiger partial charge in [0, 0.05) is 21.8 Å². The van der Waals surface area contributed by atoms with Crippen LogP contribution in [0.25, 0.3) is 0 Å². The summed E-state index contributed by atoms with van der Waals surface area (Å²) in [6.45, 7) is 8.82. The van der Waals surface area contributed by atoms with Gasteiger partial charge in [-0.2, -0.15) is 0 Å². The van der Waals surface area contributed by atoms with Crippen LogP contribution in [0.15, 0.2) is 12.1 Å². The second kappa shape index (κ2) is 7.88. The number of halogens is 1. The molecule has 0 spiro atoms. The Labute approximate surface area is 126 Å². The first-order valence-electron chi connectivity index (χ1n) is 6.41. The van der Waals surface area contributed by atoms with Crippen LogP contribution in [-0.4, -0.2) is 18.0 Å². The van der Waals surface area contributed by atoms with E-state index in [1.54, 1.807) is 11.3 Å². The van der Waals surface area contributed by atoms with Gasteiger partial charge in [0.1, 0.15) is 0 Å². The van der Waals surface area contributed by atoms with Crippen molar-refractivity contribution in [2.75, 3.05) is 6.54 Å². The van der Waals surface area contributed by atoms with Gasteiger partial charge in [-0.1, -0.05) is 13.8 Å². The van der Waals surface area contributed by atoms with Crippen molar-refractivity contribution >= 4 is 29.7 Å². The predicted molar refractivity (Wildman–Crippen MR) is 85.1 cm³/mol. The lowest BCUT2D eigenvalue weighted by Crippen LogP contribution is -2.52. The van der Waals surface area contributed by atoms with Gasteiger partial charge in [-0.25, -0.2) is 0 Å². The Kier molecular flexibility index (Phi) is 7.64.